The van der Waals surface area contributed by atoms with E-state index in [-0.39, 0.29) is 12.1 Å². The maximum atomic E-state index is 6.28. The van der Waals surface area contributed by atoms with Gasteiger partial charge in [-0.2, -0.15) is 0 Å². The molecule has 4 nitrogen and oxygen atoms in total. The Morgan fingerprint density at radius 2 is 2.24 bits per heavy atom. The van der Waals surface area contributed by atoms with Crippen molar-refractivity contribution in [2.45, 2.75) is 44.8 Å². The summed E-state index contributed by atoms with van der Waals surface area (Å²) < 4.78 is 5.87. The molecule has 3 rings (SSSR count). The van der Waals surface area contributed by atoms with Gasteiger partial charge in [-0.25, -0.2) is 0 Å². The van der Waals surface area contributed by atoms with Crippen molar-refractivity contribution >= 4 is 0 Å². The normalized spacial score (nSPS) is 22.3. The van der Waals surface area contributed by atoms with E-state index in [0.717, 1.165) is 24.5 Å². The third-order valence-corrected chi connectivity index (χ3v) is 4.27. The second-order valence-electron chi connectivity index (χ2n) is 5.93. The van der Waals surface area contributed by atoms with E-state index in [9.17, 15) is 0 Å². The molecule has 0 aromatic carbocycles. The summed E-state index contributed by atoms with van der Waals surface area (Å²) in [4.78, 5) is 6.74. The van der Waals surface area contributed by atoms with Gasteiger partial charge in [-0.05, 0) is 57.0 Å². The van der Waals surface area contributed by atoms with Crippen molar-refractivity contribution < 1.29 is 4.42 Å². The van der Waals surface area contributed by atoms with Gasteiger partial charge in [-0.15, -0.1) is 0 Å². The van der Waals surface area contributed by atoms with Crippen LogP contribution < -0.4 is 5.73 Å². The molecule has 3 atom stereocenters. The number of hydrogen-bond acceptors (Lipinski definition) is 4. The Kier molecular flexibility index (Phi) is 4.08. The van der Waals surface area contributed by atoms with E-state index >= 15 is 0 Å². The van der Waals surface area contributed by atoms with Crippen LogP contribution in [0.4, 0.5) is 0 Å². The van der Waals surface area contributed by atoms with Gasteiger partial charge in [0, 0.05) is 24.5 Å². The highest BCUT2D eigenvalue weighted by Gasteiger charge is 2.36. The molecular weight excluding hydrogens is 262 g/mol. The molecule has 0 aliphatic carbocycles. The molecule has 0 amide bonds. The van der Waals surface area contributed by atoms with Crippen LogP contribution in [0.1, 0.15) is 48.9 Å². The van der Waals surface area contributed by atoms with E-state index in [1.165, 1.54) is 12.0 Å². The number of furan rings is 1. The minimum absolute atomic E-state index is 0.0211. The van der Waals surface area contributed by atoms with Gasteiger partial charge in [-0.1, -0.05) is 6.07 Å². The summed E-state index contributed by atoms with van der Waals surface area (Å²) in [6.07, 6.45) is 6.12. The van der Waals surface area contributed by atoms with Gasteiger partial charge in [0.2, 0.25) is 0 Å². The van der Waals surface area contributed by atoms with Crippen LogP contribution in [-0.2, 0) is 0 Å². The van der Waals surface area contributed by atoms with Gasteiger partial charge in [0.15, 0.2) is 0 Å². The lowest BCUT2D eigenvalue weighted by atomic mass is 10.0. The molecule has 1 aliphatic heterocycles. The molecule has 3 unspecified atom stereocenters. The van der Waals surface area contributed by atoms with Crippen molar-refractivity contribution in [3.63, 3.8) is 0 Å². The fourth-order valence-corrected chi connectivity index (χ4v) is 3.39. The van der Waals surface area contributed by atoms with E-state index in [1.54, 1.807) is 0 Å². The Labute approximate surface area is 126 Å². The highest BCUT2D eigenvalue weighted by Crippen LogP contribution is 2.39. The Balaban J connectivity index is 1.91. The van der Waals surface area contributed by atoms with Crippen molar-refractivity contribution in [2.75, 3.05) is 6.54 Å². The van der Waals surface area contributed by atoms with Crippen LogP contribution in [0.25, 0.3) is 0 Å². The highest BCUT2D eigenvalue weighted by molar-refractivity contribution is 5.19. The molecule has 0 bridgehead atoms. The summed E-state index contributed by atoms with van der Waals surface area (Å²) >= 11 is 0. The van der Waals surface area contributed by atoms with Gasteiger partial charge in [0.1, 0.15) is 11.5 Å². The zero-order valence-electron chi connectivity index (χ0n) is 12.7. The van der Waals surface area contributed by atoms with Crippen LogP contribution in [-0.4, -0.2) is 22.5 Å². The molecular formula is C17H23N3O. The maximum absolute atomic E-state index is 6.28. The first-order valence-electron chi connectivity index (χ1n) is 7.64. The quantitative estimate of drug-likeness (QED) is 0.937. The van der Waals surface area contributed by atoms with Crippen LogP contribution in [0.15, 0.2) is 41.1 Å². The Hall–Kier alpha value is -1.65. The molecule has 21 heavy (non-hydrogen) atoms. The van der Waals surface area contributed by atoms with Gasteiger partial charge >= 0.3 is 0 Å². The molecule has 0 spiro atoms. The van der Waals surface area contributed by atoms with Gasteiger partial charge < -0.3 is 10.2 Å². The lowest BCUT2D eigenvalue weighted by molar-refractivity contribution is 0.139. The second-order valence-corrected chi connectivity index (χ2v) is 5.93. The number of aryl methyl sites for hydroxylation is 1. The molecule has 2 aromatic rings. The molecule has 1 aliphatic rings. The average Bonchev–Trinajstić information content (AvgIpc) is 3.10. The molecule has 1 fully saturated rings. The summed E-state index contributed by atoms with van der Waals surface area (Å²) in [5, 5.41) is 0. The number of aromatic nitrogens is 1. The minimum atomic E-state index is 0.0211. The topological polar surface area (TPSA) is 55.3 Å². The SMILES string of the molecule is Cc1ccc(C(C(C)N)N2CCCC2c2cccnc2)o1. The third kappa shape index (κ3) is 2.87. The molecule has 3 heterocycles. The van der Waals surface area contributed by atoms with Crippen molar-refractivity contribution in [2.24, 2.45) is 5.73 Å². The van der Waals surface area contributed by atoms with Crippen LogP contribution in [0.5, 0.6) is 0 Å². The van der Waals surface area contributed by atoms with E-state index in [2.05, 4.69) is 28.9 Å². The predicted molar refractivity (Wildman–Crippen MR) is 82.8 cm³/mol. The summed E-state index contributed by atoms with van der Waals surface area (Å²) in [5.74, 6) is 1.91. The summed E-state index contributed by atoms with van der Waals surface area (Å²) in [7, 11) is 0. The highest BCUT2D eigenvalue weighted by atomic mass is 16.3. The largest absolute Gasteiger partial charge is 0.465 e. The standard InChI is InChI=1S/C17H23N3O/c1-12-7-8-16(21-12)17(13(2)18)20-10-4-6-15(20)14-5-3-9-19-11-14/h3,5,7-9,11,13,15,17H,4,6,10,18H2,1-2H3. The molecule has 2 aromatic heterocycles. The van der Waals surface area contributed by atoms with E-state index in [1.807, 2.05) is 31.5 Å². The lowest BCUT2D eigenvalue weighted by Gasteiger charge is -2.34. The molecule has 0 saturated carbocycles. The number of pyridine rings is 1. The zero-order chi connectivity index (χ0) is 14.8. The molecule has 2 N–H and O–H groups in total. The number of nitrogens with zero attached hydrogens (tertiary/aromatic N) is 2. The smallest absolute Gasteiger partial charge is 0.122 e. The van der Waals surface area contributed by atoms with Crippen LogP contribution in [0.2, 0.25) is 0 Å². The Morgan fingerprint density at radius 1 is 1.38 bits per heavy atom. The fraction of sp³-hybridized carbons (Fsp3) is 0.471. The van der Waals surface area contributed by atoms with Crippen molar-refractivity contribution in [3.8, 4) is 0 Å². The summed E-state index contributed by atoms with van der Waals surface area (Å²) in [6, 6.07) is 8.74. The van der Waals surface area contributed by atoms with Gasteiger partial charge in [0.05, 0.1) is 6.04 Å². The zero-order valence-corrected chi connectivity index (χ0v) is 12.7. The fourth-order valence-electron chi connectivity index (χ4n) is 3.39. The third-order valence-electron chi connectivity index (χ3n) is 4.27. The number of rotatable bonds is 4. The van der Waals surface area contributed by atoms with Gasteiger partial charge in [-0.3, -0.25) is 9.88 Å². The van der Waals surface area contributed by atoms with E-state index < -0.39 is 0 Å². The molecule has 1 saturated heterocycles. The molecule has 112 valence electrons. The average molecular weight is 285 g/mol. The lowest BCUT2D eigenvalue weighted by Crippen LogP contribution is -2.39. The number of likely N-dealkylation sites (tertiary alicyclic amines) is 1. The van der Waals surface area contributed by atoms with Crippen molar-refractivity contribution in [1.29, 1.82) is 0 Å². The number of nitrogens with two attached hydrogens (primary N) is 1. The summed E-state index contributed by atoms with van der Waals surface area (Å²) in [5.41, 5.74) is 7.55. The molecule has 4 heteroatoms. The van der Waals surface area contributed by atoms with Gasteiger partial charge in [0.25, 0.3) is 0 Å². The first-order valence-corrected chi connectivity index (χ1v) is 7.64. The Bertz CT molecular complexity index is 579. The number of hydrogen-bond donors (Lipinski definition) is 1. The van der Waals surface area contributed by atoms with Crippen molar-refractivity contribution in [3.05, 3.63) is 53.7 Å². The minimum Gasteiger partial charge on any atom is -0.465 e. The second kappa shape index (κ2) is 6.00. The predicted octanol–water partition coefficient (Wildman–Crippen LogP) is 3.21. The van der Waals surface area contributed by atoms with Crippen LogP contribution in [0.3, 0.4) is 0 Å². The van der Waals surface area contributed by atoms with E-state index in [0.29, 0.717) is 6.04 Å². The van der Waals surface area contributed by atoms with E-state index in [4.69, 9.17) is 10.2 Å². The molecule has 0 radical (unpaired) electrons. The monoisotopic (exact) mass is 285 g/mol. The first kappa shape index (κ1) is 14.3. The summed E-state index contributed by atoms with van der Waals surface area (Å²) in [6.45, 7) is 5.08. The first-order chi connectivity index (χ1) is 10.2. The van der Waals surface area contributed by atoms with Crippen LogP contribution in [0, 0.1) is 6.92 Å². The maximum Gasteiger partial charge on any atom is 0.122 e. The Morgan fingerprint density at radius 3 is 2.86 bits per heavy atom. The van der Waals surface area contributed by atoms with Crippen LogP contribution >= 0.6 is 0 Å². The van der Waals surface area contributed by atoms with Crippen molar-refractivity contribution in [1.82, 2.24) is 9.88 Å².